The Morgan fingerprint density at radius 1 is 1.71 bits per heavy atom. The second-order valence-corrected chi connectivity index (χ2v) is 4.55. The highest BCUT2D eigenvalue weighted by Gasteiger charge is 2.30. The Bertz CT molecular complexity index is 410. The third-order valence-corrected chi connectivity index (χ3v) is 3.46. The number of hydrogen-bond donors (Lipinski definition) is 1. The molecule has 92 valence electrons. The van der Waals surface area contributed by atoms with E-state index in [4.69, 9.17) is 11.6 Å². The number of nitrogens with one attached hydrogen (secondary N) is 1. The molecule has 0 spiro atoms. The van der Waals surface area contributed by atoms with Crippen molar-refractivity contribution in [3.8, 4) is 0 Å². The van der Waals surface area contributed by atoms with Crippen LogP contribution in [0, 0.1) is 0 Å². The summed E-state index contributed by atoms with van der Waals surface area (Å²) < 4.78 is 0. The van der Waals surface area contributed by atoms with Crippen LogP contribution in [0.1, 0.15) is 18.4 Å². The maximum atomic E-state index is 11.7. The van der Waals surface area contributed by atoms with Crippen LogP contribution >= 0.6 is 11.6 Å². The first kappa shape index (κ1) is 12.3. The van der Waals surface area contributed by atoms with Crippen molar-refractivity contribution >= 4 is 17.5 Å². The van der Waals surface area contributed by atoms with E-state index in [0.717, 1.165) is 24.9 Å². The Hall–Kier alpha value is -1.13. The van der Waals surface area contributed by atoms with Gasteiger partial charge in [-0.2, -0.15) is 0 Å². The van der Waals surface area contributed by atoms with Crippen molar-refractivity contribution in [2.75, 3.05) is 13.6 Å². The fourth-order valence-corrected chi connectivity index (χ4v) is 2.41. The van der Waals surface area contributed by atoms with E-state index in [1.165, 1.54) is 0 Å². The molecule has 17 heavy (non-hydrogen) atoms. The van der Waals surface area contributed by atoms with Crippen molar-refractivity contribution in [1.29, 1.82) is 0 Å². The maximum absolute atomic E-state index is 11.7. The van der Waals surface area contributed by atoms with Crippen LogP contribution < -0.4 is 5.32 Å². The highest BCUT2D eigenvalue weighted by Crippen LogP contribution is 2.22. The molecule has 0 aliphatic carbocycles. The number of carbonyl (C=O) groups is 1. The van der Waals surface area contributed by atoms with Gasteiger partial charge in [0.1, 0.15) is 5.15 Å². The molecular weight excluding hydrogens is 238 g/mol. The summed E-state index contributed by atoms with van der Waals surface area (Å²) in [6, 6.07) is 3.79. The molecule has 1 aromatic rings. The summed E-state index contributed by atoms with van der Waals surface area (Å²) >= 11 is 6.03. The van der Waals surface area contributed by atoms with Crippen LogP contribution in [-0.2, 0) is 11.3 Å². The predicted molar refractivity (Wildman–Crippen MR) is 66.7 cm³/mol. The van der Waals surface area contributed by atoms with Crippen molar-refractivity contribution in [3.05, 3.63) is 29.0 Å². The molecule has 2 heterocycles. The van der Waals surface area contributed by atoms with Crippen LogP contribution in [-0.4, -0.2) is 35.4 Å². The number of halogens is 1. The predicted octanol–water partition coefficient (Wildman–Crippen LogP) is 1.45. The van der Waals surface area contributed by atoms with E-state index in [0.29, 0.717) is 11.7 Å². The zero-order valence-electron chi connectivity index (χ0n) is 9.82. The standard InChI is InChI=1S/C12H16ClN3O/c1-14-12(17)10-5-3-7-16(10)8-9-4-2-6-15-11(9)13/h2,4,6,10H,3,5,7-8H2,1H3,(H,14,17). The molecule has 1 aliphatic heterocycles. The number of nitrogens with zero attached hydrogens (tertiary/aromatic N) is 2. The zero-order valence-corrected chi connectivity index (χ0v) is 10.6. The van der Waals surface area contributed by atoms with Gasteiger partial charge in [-0.3, -0.25) is 9.69 Å². The fraction of sp³-hybridized carbons (Fsp3) is 0.500. The highest BCUT2D eigenvalue weighted by atomic mass is 35.5. The molecule has 1 N–H and O–H groups in total. The molecule has 1 aromatic heterocycles. The zero-order chi connectivity index (χ0) is 12.3. The van der Waals surface area contributed by atoms with Crippen molar-refractivity contribution in [1.82, 2.24) is 15.2 Å². The van der Waals surface area contributed by atoms with Gasteiger partial charge in [0.05, 0.1) is 6.04 Å². The first-order valence-electron chi connectivity index (χ1n) is 5.77. The van der Waals surface area contributed by atoms with Gasteiger partial charge in [-0.25, -0.2) is 4.98 Å². The first-order chi connectivity index (χ1) is 8.22. The summed E-state index contributed by atoms with van der Waals surface area (Å²) in [6.45, 7) is 1.62. The minimum absolute atomic E-state index is 0.0312. The van der Waals surface area contributed by atoms with E-state index in [1.54, 1.807) is 13.2 Å². The Balaban J connectivity index is 2.08. The van der Waals surface area contributed by atoms with Crippen molar-refractivity contribution in [2.45, 2.75) is 25.4 Å². The van der Waals surface area contributed by atoms with E-state index in [2.05, 4.69) is 15.2 Å². The summed E-state index contributed by atoms with van der Waals surface area (Å²) in [5.74, 6) is 0.0857. The summed E-state index contributed by atoms with van der Waals surface area (Å²) in [6.07, 6.45) is 3.64. The van der Waals surface area contributed by atoms with Crippen molar-refractivity contribution < 1.29 is 4.79 Å². The molecule has 5 heteroatoms. The molecule has 0 radical (unpaired) electrons. The number of hydrogen-bond acceptors (Lipinski definition) is 3. The van der Waals surface area contributed by atoms with Crippen LogP contribution in [0.2, 0.25) is 5.15 Å². The molecule has 0 saturated carbocycles. The Morgan fingerprint density at radius 3 is 3.24 bits per heavy atom. The molecule has 4 nitrogen and oxygen atoms in total. The van der Waals surface area contributed by atoms with Crippen LogP contribution in [0.25, 0.3) is 0 Å². The second kappa shape index (κ2) is 5.47. The Labute approximate surface area is 106 Å². The van der Waals surface area contributed by atoms with Gasteiger partial charge in [-0.15, -0.1) is 0 Å². The first-order valence-corrected chi connectivity index (χ1v) is 6.15. The smallest absolute Gasteiger partial charge is 0.237 e. The fourth-order valence-electron chi connectivity index (χ4n) is 2.23. The van der Waals surface area contributed by atoms with Gasteiger partial charge in [0.25, 0.3) is 0 Å². The molecular formula is C12H16ClN3O. The maximum Gasteiger partial charge on any atom is 0.237 e. The minimum atomic E-state index is -0.0312. The third-order valence-electron chi connectivity index (χ3n) is 3.12. The molecule has 1 atom stereocenters. The number of aromatic nitrogens is 1. The molecule has 1 fully saturated rings. The van der Waals surface area contributed by atoms with E-state index >= 15 is 0 Å². The average Bonchev–Trinajstić information content (AvgIpc) is 2.79. The lowest BCUT2D eigenvalue weighted by molar-refractivity contribution is -0.125. The number of carbonyl (C=O) groups excluding carboxylic acids is 1. The SMILES string of the molecule is CNC(=O)C1CCCN1Cc1cccnc1Cl. The molecule has 1 amide bonds. The van der Waals surface area contributed by atoms with E-state index in [9.17, 15) is 4.79 Å². The van der Waals surface area contributed by atoms with E-state index < -0.39 is 0 Å². The number of likely N-dealkylation sites (N-methyl/N-ethyl adjacent to an activating group) is 1. The third kappa shape index (κ3) is 2.76. The number of amides is 1. The van der Waals surface area contributed by atoms with Gasteiger partial charge < -0.3 is 5.32 Å². The van der Waals surface area contributed by atoms with Crippen LogP contribution in [0.15, 0.2) is 18.3 Å². The molecule has 1 saturated heterocycles. The lowest BCUT2D eigenvalue weighted by Crippen LogP contribution is -2.41. The minimum Gasteiger partial charge on any atom is -0.358 e. The monoisotopic (exact) mass is 253 g/mol. The van der Waals surface area contributed by atoms with Gasteiger partial charge >= 0.3 is 0 Å². The molecule has 1 unspecified atom stereocenters. The molecule has 0 aromatic carbocycles. The summed E-state index contributed by atoms with van der Waals surface area (Å²) in [5, 5.41) is 3.23. The Morgan fingerprint density at radius 2 is 2.53 bits per heavy atom. The van der Waals surface area contributed by atoms with Crippen molar-refractivity contribution in [3.63, 3.8) is 0 Å². The van der Waals surface area contributed by atoms with E-state index in [-0.39, 0.29) is 11.9 Å². The van der Waals surface area contributed by atoms with Crippen LogP contribution in [0.3, 0.4) is 0 Å². The van der Waals surface area contributed by atoms with Crippen LogP contribution in [0.5, 0.6) is 0 Å². The largest absolute Gasteiger partial charge is 0.358 e. The normalized spacial score (nSPS) is 20.5. The number of rotatable bonds is 3. The second-order valence-electron chi connectivity index (χ2n) is 4.20. The summed E-state index contributed by atoms with van der Waals surface area (Å²) in [4.78, 5) is 17.9. The van der Waals surface area contributed by atoms with Gasteiger partial charge in [0.15, 0.2) is 0 Å². The van der Waals surface area contributed by atoms with E-state index in [1.807, 2.05) is 12.1 Å². The van der Waals surface area contributed by atoms with Gasteiger partial charge in [0, 0.05) is 25.4 Å². The summed E-state index contributed by atoms with van der Waals surface area (Å²) in [7, 11) is 1.68. The lowest BCUT2D eigenvalue weighted by atomic mass is 10.2. The average molecular weight is 254 g/mol. The molecule has 0 bridgehead atoms. The highest BCUT2D eigenvalue weighted by molar-refractivity contribution is 6.30. The number of likely N-dealkylation sites (tertiary alicyclic amines) is 1. The van der Waals surface area contributed by atoms with Crippen molar-refractivity contribution in [2.24, 2.45) is 0 Å². The topological polar surface area (TPSA) is 45.2 Å². The molecule has 1 aliphatic rings. The Kier molecular flexibility index (Phi) is 3.97. The summed E-state index contributed by atoms with van der Waals surface area (Å²) in [5.41, 5.74) is 0.977. The van der Waals surface area contributed by atoms with Gasteiger partial charge in [0.2, 0.25) is 5.91 Å². The van der Waals surface area contributed by atoms with Crippen LogP contribution in [0.4, 0.5) is 0 Å². The lowest BCUT2D eigenvalue weighted by Gasteiger charge is -2.23. The number of pyridine rings is 1. The van der Waals surface area contributed by atoms with Gasteiger partial charge in [-0.05, 0) is 25.5 Å². The van der Waals surface area contributed by atoms with Gasteiger partial charge in [-0.1, -0.05) is 17.7 Å². The quantitative estimate of drug-likeness (QED) is 0.830. The molecule has 2 rings (SSSR count).